The first-order chi connectivity index (χ1) is 11.2. The summed E-state index contributed by atoms with van der Waals surface area (Å²) in [6, 6.07) is 4.72. The highest BCUT2D eigenvalue weighted by molar-refractivity contribution is 7.92. The van der Waals surface area contributed by atoms with Gasteiger partial charge in [0.1, 0.15) is 5.60 Å². The lowest BCUT2D eigenvalue weighted by atomic mass is 10.2. The first kappa shape index (κ1) is 16.9. The maximum absolute atomic E-state index is 13.1. The number of pyridine rings is 1. The van der Waals surface area contributed by atoms with Crippen molar-refractivity contribution < 1.29 is 17.9 Å². The highest BCUT2D eigenvalue weighted by atomic mass is 32.2. The number of carbonyl (C=O) groups excluding carboxylic acids is 1. The van der Waals surface area contributed by atoms with E-state index < -0.39 is 26.9 Å². The van der Waals surface area contributed by atoms with E-state index in [0.29, 0.717) is 13.1 Å². The predicted molar refractivity (Wildman–Crippen MR) is 88.0 cm³/mol. The molecule has 3 heterocycles. The fourth-order valence-electron chi connectivity index (χ4n) is 2.95. The second kappa shape index (κ2) is 5.86. The van der Waals surface area contributed by atoms with E-state index in [0.717, 1.165) is 11.1 Å². The van der Waals surface area contributed by atoms with Crippen molar-refractivity contribution in [3.63, 3.8) is 0 Å². The van der Waals surface area contributed by atoms with Crippen molar-refractivity contribution in [2.24, 2.45) is 0 Å². The van der Waals surface area contributed by atoms with E-state index in [1.165, 1.54) is 17.2 Å². The molecule has 8 heteroatoms. The average molecular weight is 351 g/mol. The minimum atomic E-state index is -3.83. The van der Waals surface area contributed by atoms with Gasteiger partial charge >= 0.3 is 6.09 Å². The molecule has 1 atom stereocenters. The fourth-order valence-corrected chi connectivity index (χ4v) is 4.77. The molecule has 2 aliphatic heterocycles. The van der Waals surface area contributed by atoms with Crippen LogP contribution in [0.15, 0.2) is 40.6 Å². The zero-order chi connectivity index (χ0) is 17.5. The van der Waals surface area contributed by atoms with Crippen molar-refractivity contribution in [2.45, 2.75) is 36.8 Å². The largest absolute Gasteiger partial charge is 0.444 e. The number of hydrogen-bond acceptors (Lipinski definition) is 6. The molecule has 2 aliphatic rings. The quantitative estimate of drug-likeness (QED) is 0.809. The SMILES string of the molecule is CC(C)(C)OC(=O)N1CC2=C(CNC2)C1S(=O)(=O)c1ccccn1. The summed E-state index contributed by atoms with van der Waals surface area (Å²) in [6.07, 6.45) is 0.809. The Hall–Kier alpha value is -1.93. The number of sulfone groups is 1. The standard InChI is InChI=1S/C16H21N3O4S/c1-16(2,3)23-15(20)19-10-11-8-17-9-12(11)14(19)24(21,22)13-6-4-5-7-18-13/h4-7,14,17H,8-10H2,1-3H3. The molecule has 0 bridgehead atoms. The molecule has 3 rings (SSSR count). The molecule has 1 aromatic heterocycles. The lowest BCUT2D eigenvalue weighted by Gasteiger charge is -2.30. The van der Waals surface area contributed by atoms with Gasteiger partial charge in [-0.15, -0.1) is 0 Å². The number of hydrogen-bond donors (Lipinski definition) is 1. The molecule has 0 saturated heterocycles. The van der Waals surface area contributed by atoms with E-state index in [4.69, 9.17) is 4.74 Å². The van der Waals surface area contributed by atoms with E-state index in [1.54, 1.807) is 32.9 Å². The minimum Gasteiger partial charge on any atom is -0.444 e. The molecule has 0 saturated carbocycles. The molecular weight excluding hydrogens is 330 g/mol. The van der Waals surface area contributed by atoms with Crippen LogP contribution in [0, 0.1) is 0 Å². The molecule has 0 aliphatic carbocycles. The number of aromatic nitrogens is 1. The van der Waals surface area contributed by atoms with Crippen molar-refractivity contribution >= 4 is 15.9 Å². The van der Waals surface area contributed by atoms with Gasteiger partial charge in [0, 0.05) is 25.8 Å². The smallest absolute Gasteiger partial charge is 0.411 e. The van der Waals surface area contributed by atoms with Crippen LogP contribution in [0.3, 0.4) is 0 Å². The zero-order valence-electron chi connectivity index (χ0n) is 13.9. The van der Waals surface area contributed by atoms with Gasteiger partial charge in [-0.05, 0) is 44.1 Å². The summed E-state index contributed by atoms with van der Waals surface area (Å²) in [7, 11) is -3.83. The van der Waals surface area contributed by atoms with Gasteiger partial charge in [-0.1, -0.05) is 6.07 Å². The van der Waals surface area contributed by atoms with E-state index in [2.05, 4.69) is 10.3 Å². The highest BCUT2D eigenvalue weighted by Gasteiger charge is 2.47. The van der Waals surface area contributed by atoms with E-state index in [1.807, 2.05) is 0 Å². The van der Waals surface area contributed by atoms with Gasteiger partial charge in [-0.2, -0.15) is 0 Å². The number of carbonyl (C=O) groups is 1. The Kier molecular flexibility index (Phi) is 4.13. The van der Waals surface area contributed by atoms with E-state index >= 15 is 0 Å². The number of nitrogens with zero attached hydrogens (tertiary/aromatic N) is 2. The summed E-state index contributed by atoms with van der Waals surface area (Å²) < 4.78 is 31.6. The highest BCUT2D eigenvalue weighted by Crippen LogP contribution is 2.34. The van der Waals surface area contributed by atoms with Crippen LogP contribution in [-0.2, 0) is 14.6 Å². The molecular formula is C16H21N3O4S. The first-order valence-corrected chi connectivity index (χ1v) is 9.31. The summed E-state index contributed by atoms with van der Waals surface area (Å²) in [5.74, 6) is 0. The van der Waals surface area contributed by atoms with E-state index in [9.17, 15) is 13.2 Å². The lowest BCUT2D eigenvalue weighted by Crippen LogP contribution is -2.46. The summed E-state index contributed by atoms with van der Waals surface area (Å²) in [4.78, 5) is 17.8. The van der Waals surface area contributed by atoms with Crippen LogP contribution in [0.2, 0.25) is 0 Å². The van der Waals surface area contributed by atoms with Crippen molar-refractivity contribution in [1.82, 2.24) is 15.2 Å². The van der Waals surface area contributed by atoms with Crippen LogP contribution >= 0.6 is 0 Å². The molecule has 24 heavy (non-hydrogen) atoms. The molecule has 1 N–H and O–H groups in total. The summed E-state index contributed by atoms with van der Waals surface area (Å²) in [5, 5.41) is 2.05. The Morgan fingerprint density at radius 1 is 1.33 bits per heavy atom. The summed E-state index contributed by atoms with van der Waals surface area (Å²) in [6.45, 7) is 6.56. The van der Waals surface area contributed by atoms with Crippen LogP contribution in [0.1, 0.15) is 20.8 Å². The third-order valence-electron chi connectivity index (χ3n) is 3.90. The molecule has 7 nitrogen and oxygen atoms in total. The maximum atomic E-state index is 13.1. The summed E-state index contributed by atoms with van der Waals surface area (Å²) >= 11 is 0. The number of amides is 1. The van der Waals surface area contributed by atoms with E-state index in [-0.39, 0.29) is 11.6 Å². The van der Waals surface area contributed by atoms with Gasteiger partial charge in [-0.3, -0.25) is 4.90 Å². The molecule has 1 unspecified atom stereocenters. The van der Waals surface area contributed by atoms with Gasteiger partial charge in [0.15, 0.2) is 10.4 Å². The molecule has 130 valence electrons. The molecule has 0 aromatic carbocycles. The molecule has 0 spiro atoms. The predicted octanol–water partition coefficient (Wildman–Crippen LogP) is 1.33. The van der Waals surface area contributed by atoms with Gasteiger partial charge in [0.05, 0.1) is 0 Å². The van der Waals surface area contributed by atoms with Crippen LogP contribution < -0.4 is 5.32 Å². The average Bonchev–Trinajstić information content (AvgIpc) is 3.06. The topological polar surface area (TPSA) is 88.6 Å². The second-order valence-corrected chi connectivity index (χ2v) is 8.86. The fraction of sp³-hybridized carbons (Fsp3) is 0.500. The monoisotopic (exact) mass is 351 g/mol. The molecule has 0 fully saturated rings. The minimum absolute atomic E-state index is 0.0378. The van der Waals surface area contributed by atoms with Gasteiger partial charge in [0.25, 0.3) is 0 Å². The summed E-state index contributed by atoms with van der Waals surface area (Å²) in [5.41, 5.74) is 0.971. The number of nitrogens with one attached hydrogen (secondary N) is 1. The van der Waals surface area contributed by atoms with Gasteiger partial charge in [0.2, 0.25) is 9.84 Å². The Labute approximate surface area is 141 Å². The van der Waals surface area contributed by atoms with Crippen molar-refractivity contribution in [3.05, 3.63) is 35.5 Å². The van der Waals surface area contributed by atoms with Gasteiger partial charge in [-0.25, -0.2) is 18.2 Å². The maximum Gasteiger partial charge on any atom is 0.411 e. The number of rotatable bonds is 2. The molecule has 0 radical (unpaired) electrons. The van der Waals surface area contributed by atoms with Crippen molar-refractivity contribution in [2.75, 3.05) is 19.6 Å². The molecule has 1 amide bonds. The normalized spacial score (nSPS) is 21.1. The number of ether oxygens (including phenoxy) is 1. The Bertz CT molecular complexity index is 781. The zero-order valence-corrected chi connectivity index (χ0v) is 14.8. The van der Waals surface area contributed by atoms with Crippen LogP contribution in [0.4, 0.5) is 4.79 Å². The van der Waals surface area contributed by atoms with Crippen LogP contribution in [-0.4, -0.2) is 55.0 Å². The van der Waals surface area contributed by atoms with Crippen LogP contribution in [0.5, 0.6) is 0 Å². The Morgan fingerprint density at radius 2 is 2.08 bits per heavy atom. The lowest BCUT2D eigenvalue weighted by molar-refractivity contribution is 0.0274. The Balaban J connectivity index is 1.99. The van der Waals surface area contributed by atoms with Crippen molar-refractivity contribution in [1.29, 1.82) is 0 Å². The Morgan fingerprint density at radius 3 is 2.71 bits per heavy atom. The van der Waals surface area contributed by atoms with Crippen molar-refractivity contribution in [3.8, 4) is 0 Å². The first-order valence-electron chi connectivity index (χ1n) is 7.76. The third kappa shape index (κ3) is 3.03. The second-order valence-electron chi connectivity index (χ2n) is 6.91. The third-order valence-corrected chi connectivity index (χ3v) is 5.85. The van der Waals surface area contributed by atoms with Crippen LogP contribution in [0.25, 0.3) is 0 Å². The molecule has 1 aromatic rings. The van der Waals surface area contributed by atoms with Gasteiger partial charge < -0.3 is 10.1 Å².